The molecule has 0 aromatic carbocycles. The summed E-state index contributed by atoms with van der Waals surface area (Å²) in [7, 11) is 1.93. The second-order valence-corrected chi connectivity index (χ2v) is 4.22. The Morgan fingerprint density at radius 3 is 3.00 bits per heavy atom. The van der Waals surface area contributed by atoms with Crippen LogP contribution in [0.1, 0.15) is 31.5 Å². The largest absolute Gasteiger partial charge is 0.326 e. The van der Waals surface area contributed by atoms with Crippen LogP contribution in [0.15, 0.2) is 6.20 Å². The number of nitrogens with two attached hydrogens (primary N) is 1. The van der Waals surface area contributed by atoms with Gasteiger partial charge in [0.15, 0.2) is 0 Å². The van der Waals surface area contributed by atoms with Gasteiger partial charge >= 0.3 is 0 Å². The molecule has 1 fully saturated rings. The zero-order valence-corrected chi connectivity index (χ0v) is 9.43. The predicted molar refractivity (Wildman–Crippen MR) is 58.2 cm³/mol. The molecule has 1 aliphatic heterocycles. The van der Waals surface area contributed by atoms with Crippen molar-refractivity contribution in [2.24, 2.45) is 12.8 Å². The van der Waals surface area contributed by atoms with Crippen LogP contribution >= 0.6 is 0 Å². The Bertz CT molecular complexity index is 319. The Morgan fingerprint density at radius 1 is 1.60 bits per heavy atom. The molecule has 1 aliphatic rings. The first-order chi connectivity index (χ1) is 7.24. The van der Waals surface area contributed by atoms with Crippen molar-refractivity contribution in [3.05, 3.63) is 11.9 Å². The highest BCUT2D eigenvalue weighted by Gasteiger charge is 2.34. The minimum atomic E-state index is 0.216. The Hall–Kier alpha value is -0.940. The molecule has 1 saturated heterocycles. The van der Waals surface area contributed by atoms with E-state index in [-0.39, 0.29) is 6.04 Å². The lowest BCUT2D eigenvalue weighted by Crippen LogP contribution is -2.33. The average Bonchev–Trinajstić information content (AvgIpc) is 2.75. The molecular weight excluding hydrogens is 190 g/mol. The molecule has 0 unspecified atom stereocenters. The van der Waals surface area contributed by atoms with Gasteiger partial charge in [-0.3, -0.25) is 9.58 Å². The van der Waals surface area contributed by atoms with Gasteiger partial charge in [-0.1, -0.05) is 12.1 Å². The smallest absolute Gasteiger partial charge is 0.0771 e. The van der Waals surface area contributed by atoms with E-state index in [1.807, 2.05) is 17.9 Å². The minimum Gasteiger partial charge on any atom is -0.326 e. The number of hydrogen-bond acceptors (Lipinski definition) is 4. The summed E-state index contributed by atoms with van der Waals surface area (Å²) in [6, 6.07) is 0.513. The van der Waals surface area contributed by atoms with Crippen LogP contribution in [0.4, 0.5) is 0 Å². The van der Waals surface area contributed by atoms with Gasteiger partial charge in [-0.25, -0.2) is 0 Å². The van der Waals surface area contributed by atoms with Crippen molar-refractivity contribution in [3.63, 3.8) is 0 Å². The van der Waals surface area contributed by atoms with E-state index >= 15 is 0 Å². The number of rotatable bonds is 3. The van der Waals surface area contributed by atoms with Crippen LogP contribution in [-0.4, -0.2) is 39.0 Å². The summed E-state index contributed by atoms with van der Waals surface area (Å²) < 4.78 is 1.83. The van der Waals surface area contributed by atoms with Gasteiger partial charge in [0.25, 0.3) is 0 Å². The molecule has 2 atom stereocenters. The SMILES string of the molecule is CCCN1CC[C@@H](N)[C@@H]1c1cnnn1C. The van der Waals surface area contributed by atoms with Crippen LogP contribution in [-0.2, 0) is 7.05 Å². The normalized spacial score (nSPS) is 27.4. The molecule has 2 N–H and O–H groups in total. The van der Waals surface area contributed by atoms with Gasteiger partial charge < -0.3 is 5.73 Å². The molecule has 0 aliphatic carbocycles. The van der Waals surface area contributed by atoms with Gasteiger partial charge in [0, 0.05) is 19.6 Å². The summed E-state index contributed by atoms with van der Waals surface area (Å²) in [5.41, 5.74) is 7.28. The molecule has 0 radical (unpaired) electrons. The zero-order valence-electron chi connectivity index (χ0n) is 9.43. The molecule has 0 saturated carbocycles. The summed E-state index contributed by atoms with van der Waals surface area (Å²) in [6.45, 7) is 4.39. The molecule has 2 rings (SSSR count). The number of aromatic nitrogens is 3. The van der Waals surface area contributed by atoms with Crippen LogP contribution in [0, 0.1) is 0 Å². The van der Waals surface area contributed by atoms with Crippen molar-refractivity contribution in [2.75, 3.05) is 13.1 Å². The van der Waals surface area contributed by atoms with Gasteiger partial charge in [-0.2, -0.15) is 0 Å². The number of hydrogen-bond donors (Lipinski definition) is 1. The van der Waals surface area contributed by atoms with Gasteiger partial charge in [0.05, 0.1) is 17.9 Å². The second kappa shape index (κ2) is 4.28. The first-order valence-corrected chi connectivity index (χ1v) is 5.58. The standard InChI is InChI=1S/C10H19N5/c1-3-5-15-6-4-8(11)10(15)9-7-12-13-14(9)2/h7-8,10H,3-6,11H2,1-2H3/t8-,10-/m1/s1. The van der Waals surface area contributed by atoms with Crippen molar-refractivity contribution in [1.29, 1.82) is 0 Å². The van der Waals surface area contributed by atoms with Crippen molar-refractivity contribution in [1.82, 2.24) is 19.9 Å². The van der Waals surface area contributed by atoms with E-state index in [4.69, 9.17) is 5.73 Å². The van der Waals surface area contributed by atoms with E-state index < -0.39 is 0 Å². The minimum absolute atomic E-state index is 0.216. The molecule has 0 spiro atoms. The quantitative estimate of drug-likeness (QED) is 0.778. The van der Waals surface area contributed by atoms with Crippen molar-refractivity contribution < 1.29 is 0 Å². The summed E-state index contributed by atoms with van der Waals surface area (Å²) in [6.07, 6.45) is 4.06. The van der Waals surface area contributed by atoms with E-state index in [1.165, 1.54) is 0 Å². The third kappa shape index (κ3) is 1.89. The monoisotopic (exact) mass is 209 g/mol. The first-order valence-electron chi connectivity index (χ1n) is 5.58. The topological polar surface area (TPSA) is 60.0 Å². The summed E-state index contributed by atoms with van der Waals surface area (Å²) >= 11 is 0. The van der Waals surface area contributed by atoms with Crippen molar-refractivity contribution in [3.8, 4) is 0 Å². The van der Waals surface area contributed by atoms with Crippen LogP contribution < -0.4 is 5.73 Å². The summed E-state index contributed by atoms with van der Waals surface area (Å²) in [5, 5.41) is 7.90. The lowest BCUT2D eigenvalue weighted by atomic mass is 10.1. The Balaban J connectivity index is 2.21. The predicted octanol–water partition coefficient (Wildman–Crippen LogP) is 0.299. The van der Waals surface area contributed by atoms with Gasteiger partial charge in [0.1, 0.15) is 0 Å². The van der Waals surface area contributed by atoms with Crippen molar-refractivity contribution in [2.45, 2.75) is 31.8 Å². The molecule has 84 valence electrons. The highest BCUT2D eigenvalue weighted by Crippen LogP contribution is 2.30. The van der Waals surface area contributed by atoms with Gasteiger partial charge in [-0.15, -0.1) is 5.10 Å². The summed E-state index contributed by atoms with van der Waals surface area (Å²) in [4.78, 5) is 2.43. The lowest BCUT2D eigenvalue weighted by molar-refractivity contribution is 0.239. The van der Waals surface area contributed by atoms with Gasteiger partial charge in [0.2, 0.25) is 0 Å². The second-order valence-electron chi connectivity index (χ2n) is 4.22. The molecule has 1 aromatic heterocycles. The fourth-order valence-electron chi connectivity index (χ4n) is 2.39. The molecule has 5 heteroatoms. The third-order valence-corrected chi connectivity index (χ3v) is 3.11. The maximum atomic E-state index is 6.15. The summed E-state index contributed by atoms with van der Waals surface area (Å²) in [5.74, 6) is 0. The lowest BCUT2D eigenvalue weighted by Gasteiger charge is -2.25. The highest BCUT2D eigenvalue weighted by molar-refractivity contribution is 5.09. The molecule has 1 aromatic rings. The number of nitrogens with zero attached hydrogens (tertiary/aromatic N) is 4. The zero-order chi connectivity index (χ0) is 10.8. The number of aryl methyl sites for hydroxylation is 1. The van der Waals surface area contributed by atoms with Crippen LogP contribution in [0.3, 0.4) is 0 Å². The van der Waals surface area contributed by atoms with E-state index in [9.17, 15) is 0 Å². The van der Waals surface area contributed by atoms with Crippen LogP contribution in [0.25, 0.3) is 0 Å². The molecule has 15 heavy (non-hydrogen) atoms. The van der Waals surface area contributed by atoms with Crippen LogP contribution in [0.2, 0.25) is 0 Å². The number of likely N-dealkylation sites (tertiary alicyclic amines) is 1. The van der Waals surface area contributed by atoms with Gasteiger partial charge in [-0.05, 0) is 19.4 Å². The van der Waals surface area contributed by atoms with E-state index in [2.05, 4.69) is 22.1 Å². The molecule has 0 bridgehead atoms. The average molecular weight is 209 g/mol. The van der Waals surface area contributed by atoms with E-state index in [0.29, 0.717) is 6.04 Å². The van der Waals surface area contributed by atoms with Crippen molar-refractivity contribution >= 4 is 0 Å². The fourth-order valence-corrected chi connectivity index (χ4v) is 2.39. The van der Waals surface area contributed by atoms with E-state index in [1.54, 1.807) is 0 Å². The first kappa shape index (κ1) is 10.6. The molecule has 5 nitrogen and oxygen atoms in total. The third-order valence-electron chi connectivity index (χ3n) is 3.11. The Kier molecular flexibility index (Phi) is 3.02. The highest BCUT2D eigenvalue weighted by atomic mass is 15.4. The Labute approximate surface area is 90.2 Å². The van der Waals surface area contributed by atoms with E-state index in [0.717, 1.165) is 31.6 Å². The maximum absolute atomic E-state index is 6.15. The molecule has 2 heterocycles. The molecular formula is C10H19N5. The maximum Gasteiger partial charge on any atom is 0.0771 e. The van der Waals surface area contributed by atoms with Crippen LogP contribution in [0.5, 0.6) is 0 Å². The Morgan fingerprint density at radius 2 is 2.40 bits per heavy atom. The fraction of sp³-hybridized carbons (Fsp3) is 0.800. The molecule has 0 amide bonds.